The maximum Gasteiger partial charge on any atom is 0.222 e. The molecule has 0 aliphatic heterocycles. The van der Waals surface area contributed by atoms with Gasteiger partial charge in [0.15, 0.2) is 5.75 Å². The first-order valence-corrected chi connectivity index (χ1v) is 5.56. The minimum atomic E-state index is 0.248. The Kier molecular flexibility index (Phi) is 4.82. The zero-order chi connectivity index (χ0) is 11.3. The van der Waals surface area contributed by atoms with Crippen molar-refractivity contribution in [3.63, 3.8) is 0 Å². The van der Waals surface area contributed by atoms with E-state index in [9.17, 15) is 0 Å². The maximum atomic E-state index is 5.57. The zero-order valence-electron chi connectivity index (χ0n) is 9.40. The molecule has 0 bridgehead atoms. The van der Waals surface area contributed by atoms with E-state index in [4.69, 9.17) is 16.3 Å². The molecule has 1 heterocycles. The number of nitrogens with zero attached hydrogens (tertiary/aromatic N) is 2. The Morgan fingerprint density at radius 3 is 2.40 bits per heavy atom. The Hall–Kier alpha value is -0.830. The van der Waals surface area contributed by atoms with E-state index in [1.807, 2.05) is 0 Å². The first-order chi connectivity index (χ1) is 7.08. The molecule has 15 heavy (non-hydrogen) atoms. The van der Waals surface area contributed by atoms with Gasteiger partial charge in [-0.2, -0.15) is 0 Å². The van der Waals surface area contributed by atoms with E-state index >= 15 is 0 Å². The molecule has 0 saturated carbocycles. The summed E-state index contributed by atoms with van der Waals surface area (Å²) in [5, 5.41) is 0.248. The monoisotopic (exact) mass is 228 g/mol. The summed E-state index contributed by atoms with van der Waals surface area (Å²) in [6, 6.07) is 0. The van der Waals surface area contributed by atoms with Gasteiger partial charge in [0.2, 0.25) is 5.28 Å². The second kappa shape index (κ2) is 5.91. The lowest BCUT2D eigenvalue weighted by Gasteiger charge is -2.14. The first kappa shape index (κ1) is 12.2. The van der Waals surface area contributed by atoms with E-state index in [0.717, 1.165) is 6.42 Å². The number of rotatable bonds is 5. The fourth-order valence-electron chi connectivity index (χ4n) is 1.49. The van der Waals surface area contributed by atoms with Crippen LogP contribution in [-0.4, -0.2) is 16.6 Å². The molecule has 1 unspecified atom stereocenters. The van der Waals surface area contributed by atoms with Crippen molar-refractivity contribution >= 4 is 11.6 Å². The highest BCUT2D eigenvalue weighted by atomic mass is 35.5. The molecule has 0 radical (unpaired) electrons. The fourth-order valence-corrected chi connectivity index (χ4v) is 1.58. The summed E-state index contributed by atoms with van der Waals surface area (Å²) in [5.74, 6) is 1.92. The predicted molar refractivity (Wildman–Crippen MR) is 61.2 cm³/mol. The number of hydrogen-bond acceptors (Lipinski definition) is 3. The Morgan fingerprint density at radius 2 is 1.87 bits per heavy atom. The summed E-state index contributed by atoms with van der Waals surface area (Å²) in [6.07, 6.45) is 4.35. The fraction of sp³-hybridized carbons (Fsp3) is 0.636. The zero-order valence-corrected chi connectivity index (χ0v) is 10.2. The molecule has 0 fully saturated rings. The highest BCUT2D eigenvalue weighted by Crippen LogP contribution is 2.14. The molecule has 0 aromatic carbocycles. The normalized spacial score (nSPS) is 12.9. The van der Waals surface area contributed by atoms with Crippen LogP contribution in [0, 0.1) is 11.8 Å². The Morgan fingerprint density at radius 1 is 1.27 bits per heavy atom. The number of ether oxygens (including phenoxy) is 1. The van der Waals surface area contributed by atoms with Gasteiger partial charge in [-0.05, 0) is 29.9 Å². The molecule has 1 rings (SSSR count). The second-order valence-corrected chi connectivity index (χ2v) is 4.57. The Labute approximate surface area is 95.8 Å². The van der Waals surface area contributed by atoms with Crippen molar-refractivity contribution in [2.75, 3.05) is 6.61 Å². The van der Waals surface area contributed by atoms with Crippen LogP contribution in [0.15, 0.2) is 12.4 Å². The van der Waals surface area contributed by atoms with Crippen LogP contribution in [0.3, 0.4) is 0 Å². The third kappa shape index (κ3) is 4.98. The lowest BCUT2D eigenvalue weighted by Crippen LogP contribution is -2.11. The summed E-state index contributed by atoms with van der Waals surface area (Å²) < 4.78 is 5.54. The van der Waals surface area contributed by atoms with Gasteiger partial charge in [-0.3, -0.25) is 0 Å². The van der Waals surface area contributed by atoms with Crippen LogP contribution in [0.5, 0.6) is 5.75 Å². The minimum Gasteiger partial charge on any atom is -0.490 e. The summed E-state index contributed by atoms with van der Waals surface area (Å²) in [5.41, 5.74) is 0. The van der Waals surface area contributed by atoms with Crippen LogP contribution in [0.2, 0.25) is 5.28 Å². The van der Waals surface area contributed by atoms with E-state index in [-0.39, 0.29) is 5.28 Å². The smallest absolute Gasteiger partial charge is 0.222 e. The Bertz CT molecular complexity index is 287. The average molecular weight is 229 g/mol. The lowest BCUT2D eigenvalue weighted by atomic mass is 10.00. The van der Waals surface area contributed by atoms with Crippen molar-refractivity contribution in [3.8, 4) is 5.75 Å². The molecule has 0 aliphatic rings. The predicted octanol–water partition coefficient (Wildman–Crippen LogP) is 3.19. The molecule has 0 spiro atoms. The highest BCUT2D eigenvalue weighted by molar-refractivity contribution is 6.28. The molecule has 1 aromatic rings. The molecular weight excluding hydrogens is 212 g/mol. The topological polar surface area (TPSA) is 35.0 Å². The van der Waals surface area contributed by atoms with Crippen molar-refractivity contribution in [2.45, 2.75) is 27.2 Å². The van der Waals surface area contributed by atoms with Crippen LogP contribution < -0.4 is 4.74 Å². The molecule has 84 valence electrons. The van der Waals surface area contributed by atoms with Crippen LogP contribution in [0.1, 0.15) is 27.2 Å². The molecule has 0 N–H and O–H groups in total. The summed E-state index contributed by atoms with van der Waals surface area (Å²) in [4.78, 5) is 7.69. The van der Waals surface area contributed by atoms with Crippen molar-refractivity contribution in [2.24, 2.45) is 11.8 Å². The summed E-state index contributed by atoms with van der Waals surface area (Å²) in [6.45, 7) is 7.30. The SMILES string of the molecule is CC(C)CC(C)COc1cnc(Cl)nc1. The third-order valence-corrected chi connectivity index (χ3v) is 2.20. The quantitative estimate of drug-likeness (QED) is 0.726. The number of aromatic nitrogens is 2. The van der Waals surface area contributed by atoms with Gasteiger partial charge in [-0.15, -0.1) is 0 Å². The van der Waals surface area contributed by atoms with Gasteiger partial charge in [-0.25, -0.2) is 9.97 Å². The van der Waals surface area contributed by atoms with Crippen molar-refractivity contribution in [1.29, 1.82) is 0 Å². The van der Waals surface area contributed by atoms with E-state index in [1.165, 1.54) is 0 Å². The lowest BCUT2D eigenvalue weighted by molar-refractivity contribution is 0.237. The van der Waals surface area contributed by atoms with Gasteiger partial charge in [-0.1, -0.05) is 20.8 Å². The third-order valence-electron chi connectivity index (χ3n) is 2.00. The Balaban J connectivity index is 2.33. The standard InChI is InChI=1S/C11H17ClN2O/c1-8(2)4-9(3)7-15-10-5-13-11(12)14-6-10/h5-6,8-9H,4,7H2,1-3H3. The van der Waals surface area contributed by atoms with Gasteiger partial charge < -0.3 is 4.74 Å². The van der Waals surface area contributed by atoms with Crippen molar-refractivity contribution in [1.82, 2.24) is 9.97 Å². The molecular formula is C11H17ClN2O. The van der Waals surface area contributed by atoms with Crippen molar-refractivity contribution < 1.29 is 4.74 Å². The minimum absolute atomic E-state index is 0.248. The molecule has 0 aliphatic carbocycles. The van der Waals surface area contributed by atoms with E-state index in [1.54, 1.807) is 12.4 Å². The second-order valence-electron chi connectivity index (χ2n) is 4.23. The molecule has 3 nitrogen and oxygen atoms in total. The van der Waals surface area contributed by atoms with E-state index in [0.29, 0.717) is 24.2 Å². The van der Waals surface area contributed by atoms with Crippen LogP contribution >= 0.6 is 11.6 Å². The maximum absolute atomic E-state index is 5.57. The molecule has 4 heteroatoms. The van der Waals surface area contributed by atoms with E-state index < -0.39 is 0 Å². The number of hydrogen-bond donors (Lipinski definition) is 0. The molecule has 1 atom stereocenters. The molecule has 0 amide bonds. The van der Waals surface area contributed by atoms with Crippen LogP contribution in [0.4, 0.5) is 0 Å². The van der Waals surface area contributed by atoms with E-state index in [2.05, 4.69) is 30.7 Å². The summed E-state index contributed by atoms with van der Waals surface area (Å²) in [7, 11) is 0. The van der Waals surface area contributed by atoms with Gasteiger partial charge in [0.25, 0.3) is 0 Å². The summed E-state index contributed by atoms with van der Waals surface area (Å²) >= 11 is 5.57. The molecule has 0 saturated heterocycles. The number of halogens is 1. The van der Waals surface area contributed by atoms with Crippen molar-refractivity contribution in [3.05, 3.63) is 17.7 Å². The van der Waals surface area contributed by atoms with Gasteiger partial charge in [0.05, 0.1) is 19.0 Å². The van der Waals surface area contributed by atoms with Gasteiger partial charge in [0, 0.05) is 0 Å². The largest absolute Gasteiger partial charge is 0.490 e. The van der Waals surface area contributed by atoms with Crippen LogP contribution in [0.25, 0.3) is 0 Å². The van der Waals surface area contributed by atoms with Gasteiger partial charge in [0.1, 0.15) is 0 Å². The highest BCUT2D eigenvalue weighted by Gasteiger charge is 2.06. The average Bonchev–Trinajstić information content (AvgIpc) is 2.16. The van der Waals surface area contributed by atoms with Gasteiger partial charge >= 0.3 is 0 Å². The molecule has 1 aromatic heterocycles. The van der Waals surface area contributed by atoms with Crippen LogP contribution in [-0.2, 0) is 0 Å². The first-order valence-electron chi connectivity index (χ1n) is 5.18.